The number of hydrogen-bond donors (Lipinski definition) is 2. The van der Waals surface area contributed by atoms with Gasteiger partial charge in [0, 0.05) is 0 Å². The highest BCUT2D eigenvalue weighted by molar-refractivity contribution is 6.30. The lowest BCUT2D eigenvalue weighted by Crippen LogP contribution is -2.19. The molecule has 0 aromatic heterocycles. The highest BCUT2D eigenvalue weighted by Crippen LogP contribution is 2.26. The lowest BCUT2D eigenvalue weighted by atomic mass is 10.0. The number of phenolic OH excluding ortho intramolecular Hbond substituents is 2. The molecule has 31 heavy (non-hydrogen) atoms. The monoisotopic (exact) mass is 442 g/mol. The van der Waals surface area contributed by atoms with Gasteiger partial charge in [-0.05, 0) is 66.1 Å². The normalized spacial score (nSPS) is 12.6. The van der Waals surface area contributed by atoms with E-state index < -0.39 is 17.5 Å². The van der Waals surface area contributed by atoms with Gasteiger partial charge in [-0.1, -0.05) is 24.3 Å². The zero-order chi connectivity index (χ0) is 22.2. The van der Waals surface area contributed by atoms with E-state index >= 15 is 0 Å². The number of phenols is 2. The Bertz CT molecular complexity index is 970. The molecule has 0 aliphatic carbocycles. The van der Waals surface area contributed by atoms with Gasteiger partial charge in [-0.25, -0.2) is 0 Å². The fourth-order valence-corrected chi connectivity index (χ4v) is 3.16. The van der Waals surface area contributed by atoms with Crippen LogP contribution in [0.4, 0.5) is 0 Å². The maximum atomic E-state index is 11.5. The second kappa shape index (κ2) is 10.6. The Morgan fingerprint density at radius 2 is 1.42 bits per heavy atom. The van der Waals surface area contributed by atoms with Crippen molar-refractivity contribution in [2.75, 3.05) is 13.7 Å². The summed E-state index contributed by atoms with van der Waals surface area (Å²) in [6.07, 6.45) is -0.0954. The van der Waals surface area contributed by atoms with E-state index in [0.717, 1.165) is 11.1 Å². The smallest absolute Gasteiger partial charge is 0.324 e. The Kier molecular flexibility index (Phi) is 7.62. The van der Waals surface area contributed by atoms with Crippen LogP contribution in [0.3, 0.4) is 0 Å². The molecular formula is C24H23ClO6. The average Bonchev–Trinajstić information content (AvgIpc) is 2.79. The van der Waals surface area contributed by atoms with Gasteiger partial charge in [-0.15, -0.1) is 11.6 Å². The van der Waals surface area contributed by atoms with Crippen LogP contribution in [0.25, 0.3) is 0 Å². The number of carbonyl (C=O) groups excluding carboxylic acids is 1. The van der Waals surface area contributed by atoms with Crippen molar-refractivity contribution < 1.29 is 29.2 Å². The molecule has 7 heteroatoms. The van der Waals surface area contributed by atoms with Crippen molar-refractivity contribution in [1.82, 2.24) is 0 Å². The molecule has 2 unspecified atom stereocenters. The number of aromatic hydroxyl groups is 2. The number of alkyl halides is 1. The number of ether oxygens (including phenoxy) is 3. The van der Waals surface area contributed by atoms with Crippen LogP contribution in [0.5, 0.6) is 23.0 Å². The van der Waals surface area contributed by atoms with Gasteiger partial charge in [-0.3, -0.25) is 4.79 Å². The predicted molar refractivity (Wildman–Crippen MR) is 117 cm³/mol. The molecule has 0 aliphatic rings. The summed E-state index contributed by atoms with van der Waals surface area (Å²) in [7, 11) is 1.31. The van der Waals surface area contributed by atoms with E-state index in [4.69, 9.17) is 21.1 Å². The molecule has 0 saturated heterocycles. The number of rotatable bonds is 9. The largest absolute Gasteiger partial charge is 0.508 e. The van der Waals surface area contributed by atoms with Gasteiger partial charge < -0.3 is 24.4 Å². The van der Waals surface area contributed by atoms with E-state index in [1.165, 1.54) is 7.11 Å². The van der Waals surface area contributed by atoms with Gasteiger partial charge in [-0.2, -0.15) is 0 Å². The summed E-state index contributed by atoms with van der Waals surface area (Å²) in [6.45, 7) is 0.214. The predicted octanol–water partition coefficient (Wildman–Crippen LogP) is 4.62. The Morgan fingerprint density at radius 3 is 1.97 bits per heavy atom. The molecule has 0 fully saturated rings. The Labute approximate surface area is 185 Å². The highest BCUT2D eigenvalue weighted by Gasteiger charge is 2.18. The van der Waals surface area contributed by atoms with Crippen LogP contribution in [-0.2, 0) is 16.0 Å². The molecule has 6 nitrogen and oxygen atoms in total. The first-order valence-electron chi connectivity index (χ1n) is 9.63. The van der Waals surface area contributed by atoms with E-state index in [9.17, 15) is 15.0 Å². The van der Waals surface area contributed by atoms with Gasteiger partial charge in [0.25, 0.3) is 0 Å². The van der Waals surface area contributed by atoms with E-state index in [1.54, 1.807) is 48.5 Å². The molecule has 0 heterocycles. The minimum atomic E-state index is -0.752. The van der Waals surface area contributed by atoms with Crippen LogP contribution in [0.1, 0.15) is 17.2 Å². The molecule has 0 aliphatic heterocycles. The number of methoxy groups -OCH3 is 1. The van der Waals surface area contributed by atoms with E-state index in [2.05, 4.69) is 4.74 Å². The van der Waals surface area contributed by atoms with Crippen molar-refractivity contribution in [3.05, 3.63) is 83.9 Å². The number of esters is 1. The summed E-state index contributed by atoms with van der Waals surface area (Å²) in [5, 5.41) is 18.2. The van der Waals surface area contributed by atoms with Crippen LogP contribution in [-0.4, -0.2) is 35.3 Å². The first-order chi connectivity index (χ1) is 14.9. The van der Waals surface area contributed by atoms with Crippen LogP contribution in [0.2, 0.25) is 0 Å². The summed E-state index contributed by atoms with van der Waals surface area (Å²) < 4.78 is 16.6. The SMILES string of the molecule is COC(=O)C(Cl)Cc1ccc(C(COc2ccc(O)cc2)Oc2ccc(O)cc2)cc1. The van der Waals surface area contributed by atoms with Gasteiger partial charge in [0.05, 0.1) is 7.11 Å². The summed E-state index contributed by atoms with van der Waals surface area (Å²) in [5.74, 6) is 1.00. The maximum Gasteiger partial charge on any atom is 0.324 e. The molecule has 162 valence electrons. The highest BCUT2D eigenvalue weighted by atomic mass is 35.5. The standard InChI is InChI=1S/C24H23ClO6/c1-29-24(28)22(25)14-16-2-4-17(5-3-16)23(31-21-12-8-19(27)9-13-21)15-30-20-10-6-18(26)7-11-20/h2-13,22-23,26-27H,14-15H2,1H3. The van der Waals surface area contributed by atoms with Gasteiger partial charge in [0.1, 0.15) is 35.0 Å². The maximum absolute atomic E-state index is 11.5. The second-order valence-electron chi connectivity index (χ2n) is 6.84. The third kappa shape index (κ3) is 6.55. The van der Waals surface area contributed by atoms with Crippen molar-refractivity contribution in [2.24, 2.45) is 0 Å². The minimum Gasteiger partial charge on any atom is -0.508 e. The molecule has 0 spiro atoms. The molecule has 2 atom stereocenters. The topological polar surface area (TPSA) is 85.2 Å². The number of benzene rings is 3. The van der Waals surface area contributed by atoms with Crippen molar-refractivity contribution in [3.8, 4) is 23.0 Å². The molecule has 3 aromatic carbocycles. The first kappa shape index (κ1) is 22.3. The van der Waals surface area contributed by atoms with Crippen molar-refractivity contribution in [2.45, 2.75) is 17.9 Å². The molecule has 2 N–H and O–H groups in total. The summed E-state index contributed by atoms with van der Waals surface area (Å²) in [5.41, 5.74) is 1.75. The molecule has 0 amide bonds. The molecule has 3 aromatic rings. The first-order valence-corrected chi connectivity index (χ1v) is 10.1. The molecular weight excluding hydrogens is 420 g/mol. The van der Waals surface area contributed by atoms with Crippen molar-refractivity contribution >= 4 is 17.6 Å². The molecule has 0 bridgehead atoms. The number of halogens is 1. The van der Waals surface area contributed by atoms with Crippen LogP contribution in [0, 0.1) is 0 Å². The Balaban J connectivity index is 1.74. The van der Waals surface area contributed by atoms with Gasteiger partial charge >= 0.3 is 5.97 Å². The van der Waals surface area contributed by atoms with E-state index in [1.807, 2.05) is 24.3 Å². The zero-order valence-electron chi connectivity index (χ0n) is 16.9. The fraction of sp³-hybridized carbons (Fsp3) is 0.208. The second-order valence-corrected chi connectivity index (χ2v) is 7.37. The van der Waals surface area contributed by atoms with Crippen molar-refractivity contribution in [3.63, 3.8) is 0 Å². The molecule has 0 radical (unpaired) electrons. The van der Waals surface area contributed by atoms with Crippen LogP contribution < -0.4 is 9.47 Å². The molecule has 0 saturated carbocycles. The van der Waals surface area contributed by atoms with Gasteiger partial charge in [0.2, 0.25) is 0 Å². The average molecular weight is 443 g/mol. The zero-order valence-corrected chi connectivity index (χ0v) is 17.7. The van der Waals surface area contributed by atoms with E-state index in [-0.39, 0.29) is 18.1 Å². The Hall–Kier alpha value is -3.38. The van der Waals surface area contributed by atoms with Crippen LogP contribution >= 0.6 is 11.6 Å². The summed E-state index contributed by atoms with van der Waals surface area (Å²) >= 11 is 6.06. The van der Waals surface area contributed by atoms with Gasteiger partial charge in [0.15, 0.2) is 6.10 Å². The number of carbonyl (C=O) groups is 1. The minimum absolute atomic E-state index is 0.148. The van der Waals surface area contributed by atoms with Crippen molar-refractivity contribution in [1.29, 1.82) is 0 Å². The Morgan fingerprint density at radius 1 is 0.871 bits per heavy atom. The van der Waals surface area contributed by atoms with E-state index in [0.29, 0.717) is 17.9 Å². The lowest BCUT2D eigenvalue weighted by Gasteiger charge is -2.21. The quantitative estimate of drug-likeness (QED) is 0.371. The fourth-order valence-electron chi connectivity index (χ4n) is 2.89. The third-order valence-corrected chi connectivity index (χ3v) is 4.91. The molecule has 3 rings (SSSR count). The third-order valence-electron chi connectivity index (χ3n) is 4.58. The summed E-state index contributed by atoms with van der Waals surface area (Å²) in [4.78, 5) is 11.5. The number of hydrogen-bond acceptors (Lipinski definition) is 6. The lowest BCUT2D eigenvalue weighted by molar-refractivity contribution is -0.140. The van der Waals surface area contributed by atoms with Crippen LogP contribution in [0.15, 0.2) is 72.8 Å². The summed E-state index contributed by atoms with van der Waals surface area (Å²) in [6, 6.07) is 20.4.